The minimum absolute atomic E-state index is 0.394. The lowest BCUT2D eigenvalue weighted by Crippen LogP contribution is -1.88. The van der Waals surface area contributed by atoms with Crippen LogP contribution in [-0.4, -0.2) is 17.1 Å². The molecule has 15 heavy (non-hydrogen) atoms. The summed E-state index contributed by atoms with van der Waals surface area (Å²) in [6.07, 6.45) is 3.17. The molecule has 1 aromatic heterocycles. The van der Waals surface area contributed by atoms with E-state index in [0.717, 1.165) is 11.3 Å². The second-order valence-electron chi connectivity index (χ2n) is 2.93. The maximum atomic E-state index is 5.94. The quantitative estimate of drug-likeness (QED) is 0.781. The van der Waals surface area contributed by atoms with E-state index in [4.69, 9.17) is 16.3 Å². The average molecular weight is 221 g/mol. The lowest BCUT2D eigenvalue weighted by atomic mass is 10.1. The Balaban J connectivity index is 2.49. The molecule has 0 atom stereocenters. The van der Waals surface area contributed by atoms with Gasteiger partial charge in [0.15, 0.2) is 5.15 Å². The predicted molar refractivity (Wildman–Crippen MR) is 59.0 cm³/mol. The maximum absolute atomic E-state index is 5.94. The zero-order chi connectivity index (χ0) is 10.7. The van der Waals surface area contributed by atoms with Crippen LogP contribution in [0.4, 0.5) is 0 Å². The Morgan fingerprint density at radius 3 is 2.73 bits per heavy atom. The summed E-state index contributed by atoms with van der Waals surface area (Å²) in [6, 6.07) is 7.54. The molecule has 0 aliphatic rings. The summed E-state index contributed by atoms with van der Waals surface area (Å²) < 4.78 is 5.12. The molecular formula is C11H9ClN2O. The van der Waals surface area contributed by atoms with Crippen molar-refractivity contribution in [1.29, 1.82) is 0 Å². The third-order valence-corrected chi connectivity index (χ3v) is 2.27. The Morgan fingerprint density at radius 1 is 1.20 bits per heavy atom. The Kier molecular flexibility index (Phi) is 2.83. The van der Waals surface area contributed by atoms with Gasteiger partial charge in [-0.3, -0.25) is 4.98 Å². The fourth-order valence-corrected chi connectivity index (χ4v) is 1.50. The number of aromatic nitrogens is 2. The van der Waals surface area contributed by atoms with Gasteiger partial charge in [0.1, 0.15) is 11.4 Å². The largest absolute Gasteiger partial charge is 0.497 e. The number of nitrogens with zero attached hydrogens (tertiary/aromatic N) is 2. The molecule has 2 aromatic rings. The van der Waals surface area contributed by atoms with E-state index in [1.807, 2.05) is 24.3 Å². The normalized spacial score (nSPS) is 10.0. The van der Waals surface area contributed by atoms with Gasteiger partial charge in [0.2, 0.25) is 0 Å². The number of hydrogen-bond acceptors (Lipinski definition) is 3. The molecule has 0 fully saturated rings. The highest BCUT2D eigenvalue weighted by atomic mass is 35.5. The second kappa shape index (κ2) is 4.28. The Bertz CT molecular complexity index is 474. The molecule has 4 heteroatoms. The van der Waals surface area contributed by atoms with Gasteiger partial charge in [0, 0.05) is 18.0 Å². The maximum Gasteiger partial charge on any atom is 0.155 e. The molecule has 0 N–H and O–H groups in total. The van der Waals surface area contributed by atoms with Crippen LogP contribution < -0.4 is 4.74 Å². The molecule has 0 bridgehead atoms. The molecule has 76 valence electrons. The molecule has 0 aliphatic carbocycles. The summed E-state index contributed by atoms with van der Waals surface area (Å²) in [5.74, 6) is 0.772. The standard InChI is InChI=1S/C11H9ClN2O/c1-15-9-4-2-3-8(7-9)10-11(12)14-6-5-13-10/h2-7H,1H3. The van der Waals surface area contributed by atoms with Crippen LogP contribution >= 0.6 is 11.6 Å². The van der Waals surface area contributed by atoms with E-state index < -0.39 is 0 Å². The third-order valence-electron chi connectivity index (χ3n) is 2.00. The van der Waals surface area contributed by atoms with Gasteiger partial charge in [0.25, 0.3) is 0 Å². The zero-order valence-corrected chi connectivity index (χ0v) is 8.90. The van der Waals surface area contributed by atoms with E-state index in [-0.39, 0.29) is 0 Å². The van der Waals surface area contributed by atoms with Crippen LogP contribution in [0.5, 0.6) is 5.75 Å². The fourth-order valence-electron chi connectivity index (χ4n) is 1.29. The van der Waals surface area contributed by atoms with Crippen LogP contribution in [0, 0.1) is 0 Å². The minimum atomic E-state index is 0.394. The number of ether oxygens (including phenoxy) is 1. The highest BCUT2D eigenvalue weighted by Crippen LogP contribution is 2.26. The molecule has 3 nitrogen and oxygen atoms in total. The number of benzene rings is 1. The van der Waals surface area contributed by atoms with Gasteiger partial charge in [-0.1, -0.05) is 23.7 Å². The van der Waals surface area contributed by atoms with Crippen LogP contribution in [0.2, 0.25) is 5.15 Å². The minimum Gasteiger partial charge on any atom is -0.497 e. The number of rotatable bonds is 2. The fraction of sp³-hybridized carbons (Fsp3) is 0.0909. The average Bonchev–Trinajstić information content (AvgIpc) is 2.30. The van der Waals surface area contributed by atoms with E-state index in [9.17, 15) is 0 Å². The van der Waals surface area contributed by atoms with Crippen molar-refractivity contribution in [2.24, 2.45) is 0 Å². The smallest absolute Gasteiger partial charge is 0.155 e. The summed E-state index contributed by atoms with van der Waals surface area (Å²) in [5.41, 5.74) is 1.56. The highest BCUT2D eigenvalue weighted by molar-refractivity contribution is 6.31. The van der Waals surface area contributed by atoms with Gasteiger partial charge in [-0.2, -0.15) is 0 Å². The van der Waals surface area contributed by atoms with E-state index in [1.54, 1.807) is 19.5 Å². The van der Waals surface area contributed by atoms with Crippen LogP contribution in [0.3, 0.4) is 0 Å². The summed E-state index contributed by atoms with van der Waals surface area (Å²) in [5, 5.41) is 0.394. The summed E-state index contributed by atoms with van der Waals surface area (Å²) in [6.45, 7) is 0. The van der Waals surface area contributed by atoms with Crippen molar-refractivity contribution in [3.8, 4) is 17.0 Å². The van der Waals surface area contributed by atoms with Crippen LogP contribution in [-0.2, 0) is 0 Å². The first-order valence-electron chi connectivity index (χ1n) is 4.42. The van der Waals surface area contributed by atoms with Crippen molar-refractivity contribution >= 4 is 11.6 Å². The van der Waals surface area contributed by atoms with E-state index in [1.165, 1.54) is 0 Å². The van der Waals surface area contributed by atoms with E-state index in [2.05, 4.69) is 9.97 Å². The second-order valence-corrected chi connectivity index (χ2v) is 3.29. The Hall–Kier alpha value is -1.61. The Labute approximate surface area is 92.7 Å². The number of hydrogen-bond donors (Lipinski definition) is 0. The van der Waals surface area contributed by atoms with Gasteiger partial charge in [0.05, 0.1) is 7.11 Å². The monoisotopic (exact) mass is 220 g/mol. The SMILES string of the molecule is COc1cccc(-c2nccnc2Cl)c1. The van der Waals surface area contributed by atoms with Crippen molar-refractivity contribution < 1.29 is 4.74 Å². The van der Waals surface area contributed by atoms with Crippen molar-refractivity contribution in [2.45, 2.75) is 0 Å². The molecule has 0 saturated heterocycles. The lowest BCUT2D eigenvalue weighted by molar-refractivity contribution is 0.415. The molecule has 0 amide bonds. The first-order chi connectivity index (χ1) is 7.31. The van der Waals surface area contributed by atoms with Gasteiger partial charge in [-0.15, -0.1) is 0 Å². The van der Waals surface area contributed by atoms with E-state index >= 15 is 0 Å². The number of halogens is 1. The number of methoxy groups -OCH3 is 1. The molecule has 2 rings (SSSR count). The molecule has 0 saturated carbocycles. The van der Waals surface area contributed by atoms with E-state index in [0.29, 0.717) is 10.8 Å². The van der Waals surface area contributed by atoms with Gasteiger partial charge in [-0.05, 0) is 12.1 Å². The lowest BCUT2D eigenvalue weighted by Gasteiger charge is -2.04. The van der Waals surface area contributed by atoms with Crippen molar-refractivity contribution in [2.75, 3.05) is 7.11 Å². The van der Waals surface area contributed by atoms with Crippen LogP contribution in [0.25, 0.3) is 11.3 Å². The molecule has 0 spiro atoms. The summed E-state index contributed by atoms with van der Waals surface area (Å²) >= 11 is 5.94. The first-order valence-corrected chi connectivity index (χ1v) is 4.80. The van der Waals surface area contributed by atoms with Crippen molar-refractivity contribution in [3.05, 3.63) is 41.8 Å². The molecule has 0 radical (unpaired) electrons. The van der Waals surface area contributed by atoms with Crippen molar-refractivity contribution in [1.82, 2.24) is 9.97 Å². The molecule has 1 aromatic carbocycles. The van der Waals surface area contributed by atoms with Crippen molar-refractivity contribution in [3.63, 3.8) is 0 Å². The zero-order valence-electron chi connectivity index (χ0n) is 8.14. The van der Waals surface area contributed by atoms with Gasteiger partial charge >= 0.3 is 0 Å². The first kappa shape index (κ1) is 9.93. The molecular weight excluding hydrogens is 212 g/mol. The highest BCUT2D eigenvalue weighted by Gasteiger charge is 2.05. The molecule has 1 heterocycles. The molecule has 0 unspecified atom stereocenters. The van der Waals surface area contributed by atoms with Crippen LogP contribution in [0.1, 0.15) is 0 Å². The third kappa shape index (κ3) is 2.07. The predicted octanol–water partition coefficient (Wildman–Crippen LogP) is 2.81. The molecule has 0 aliphatic heterocycles. The topological polar surface area (TPSA) is 35.0 Å². The Morgan fingerprint density at radius 2 is 2.00 bits per heavy atom. The van der Waals surface area contributed by atoms with Crippen LogP contribution in [0.15, 0.2) is 36.7 Å². The summed E-state index contributed by atoms with van der Waals surface area (Å²) in [4.78, 5) is 8.15. The summed E-state index contributed by atoms with van der Waals surface area (Å²) in [7, 11) is 1.62. The van der Waals surface area contributed by atoms with Gasteiger partial charge in [-0.25, -0.2) is 4.98 Å². The van der Waals surface area contributed by atoms with Gasteiger partial charge < -0.3 is 4.74 Å².